The van der Waals surface area contributed by atoms with E-state index in [0.717, 1.165) is 74.9 Å². The Labute approximate surface area is 185 Å². The first-order valence-electron chi connectivity index (χ1n) is 10.9. The van der Waals surface area contributed by atoms with Gasteiger partial charge in [0.2, 0.25) is 5.95 Å². The van der Waals surface area contributed by atoms with Crippen LogP contribution >= 0.6 is 0 Å². The molecular weight excluding hydrogens is 414 g/mol. The van der Waals surface area contributed by atoms with Gasteiger partial charge >= 0.3 is 0 Å². The fourth-order valence-corrected chi connectivity index (χ4v) is 4.25. The quantitative estimate of drug-likeness (QED) is 0.655. The SMILES string of the molecule is Cc1cc(Nc2ncn(-c3ccc(F)c(F)c3)n2)cc(N2CC(N3CCCOCC3)C2)c1. The maximum Gasteiger partial charge on any atom is 0.246 e. The fourth-order valence-electron chi connectivity index (χ4n) is 4.25. The number of aromatic nitrogens is 3. The van der Waals surface area contributed by atoms with E-state index in [9.17, 15) is 8.78 Å². The van der Waals surface area contributed by atoms with Crippen LogP contribution in [0, 0.1) is 18.6 Å². The van der Waals surface area contributed by atoms with Crippen molar-refractivity contribution in [1.82, 2.24) is 19.7 Å². The molecule has 0 radical (unpaired) electrons. The highest BCUT2D eigenvalue weighted by Gasteiger charge is 2.32. The van der Waals surface area contributed by atoms with Crippen LogP contribution in [0.25, 0.3) is 5.69 Å². The van der Waals surface area contributed by atoms with E-state index in [1.807, 2.05) is 6.07 Å². The highest BCUT2D eigenvalue weighted by Crippen LogP contribution is 2.29. The summed E-state index contributed by atoms with van der Waals surface area (Å²) >= 11 is 0. The Morgan fingerprint density at radius 1 is 1.00 bits per heavy atom. The van der Waals surface area contributed by atoms with Crippen LogP contribution in [0.15, 0.2) is 42.7 Å². The zero-order valence-electron chi connectivity index (χ0n) is 18.0. The van der Waals surface area contributed by atoms with Crippen LogP contribution in [0.5, 0.6) is 0 Å². The number of anilines is 3. The molecular formula is C23H26F2N6O. The highest BCUT2D eigenvalue weighted by atomic mass is 19.2. The Hall–Kier alpha value is -3.04. The van der Waals surface area contributed by atoms with Crippen molar-refractivity contribution in [1.29, 1.82) is 0 Å². The first-order valence-corrected chi connectivity index (χ1v) is 10.9. The molecule has 2 aliphatic heterocycles. The first-order chi connectivity index (χ1) is 15.5. The number of nitrogens with one attached hydrogen (secondary N) is 1. The third kappa shape index (κ3) is 4.44. The Balaban J connectivity index is 1.26. The van der Waals surface area contributed by atoms with Gasteiger partial charge in [0.25, 0.3) is 0 Å². The van der Waals surface area contributed by atoms with E-state index < -0.39 is 11.6 Å². The summed E-state index contributed by atoms with van der Waals surface area (Å²) in [4.78, 5) is 9.16. The van der Waals surface area contributed by atoms with Crippen molar-refractivity contribution in [2.24, 2.45) is 0 Å². The Morgan fingerprint density at radius 2 is 1.88 bits per heavy atom. The summed E-state index contributed by atoms with van der Waals surface area (Å²) in [6.07, 6.45) is 2.57. The van der Waals surface area contributed by atoms with Gasteiger partial charge in [-0.05, 0) is 49.2 Å². The van der Waals surface area contributed by atoms with E-state index >= 15 is 0 Å². The maximum absolute atomic E-state index is 13.5. The predicted molar refractivity (Wildman–Crippen MR) is 119 cm³/mol. The summed E-state index contributed by atoms with van der Waals surface area (Å²) in [6, 6.07) is 10.5. The number of rotatable bonds is 5. The highest BCUT2D eigenvalue weighted by molar-refractivity contribution is 5.65. The molecule has 0 saturated carbocycles. The lowest BCUT2D eigenvalue weighted by atomic mass is 10.0. The molecule has 1 aromatic heterocycles. The predicted octanol–water partition coefficient (Wildman–Crippen LogP) is 3.51. The number of hydrogen-bond donors (Lipinski definition) is 1. The van der Waals surface area contributed by atoms with Gasteiger partial charge in [0, 0.05) is 56.3 Å². The van der Waals surface area contributed by atoms with Crippen LogP contribution in [0.4, 0.5) is 26.1 Å². The molecule has 0 amide bonds. The molecule has 2 saturated heterocycles. The number of hydrogen-bond acceptors (Lipinski definition) is 6. The summed E-state index contributed by atoms with van der Waals surface area (Å²) < 4.78 is 33.7. The smallest absolute Gasteiger partial charge is 0.246 e. The minimum absolute atomic E-state index is 0.386. The van der Waals surface area contributed by atoms with Crippen molar-refractivity contribution in [3.63, 3.8) is 0 Å². The monoisotopic (exact) mass is 440 g/mol. The number of halogens is 2. The van der Waals surface area contributed by atoms with Gasteiger partial charge in [-0.3, -0.25) is 4.90 Å². The van der Waals surface area contributed by atoms with Crippen LogP contribution in [0.3, 0.4) is 0 Å². The second-order valence-corrected chi connectivity index (χ2v) is 8.35. The lowest BCUT2D eigenvalue weighted by molar-refractivity contribution is 0.124. The molecule has 168 valence electrons. The van der Waals surface area contributed by atoms with Crippen molar-refractivity contribution in [3.8, 4) is 5.69 Å². The summed E-state index contributed by atoms with van der Waals surface area (Å²) in [5.41, 5.74) is 3.58. The summed E-state index contributed by atoms with van der Waals surface area (Å²) in [5, 5.41) is 7.56. The normalized spacial score (nSPS) is 17.8. The topological polar surface area (TPSA) is 58.5 Å². The Morgan fingerprint density at radius 3 is 2.72 bits per heavy atom. The van der Waals surface area contributed by atoms with Crippen LogP contribution in [-0.4, -0.2) is 65.1 Å². The van der Waals surface area contributed by atoms with Crippen LogP contribution in [0.2, 0.25) is 0 Å². The maximum atomic E-state index is 13.5. The standard InChI is InChI=1S/C23H26F2N6O/c1-16-9-17(27-23-26-15-31(28-23)18-3-4-21(24)22(25)12-18)11-19(10-16)30-13-20(14-30)29-5-2-7-32-8-6-29/h3-4,9-12,15,20H,2,5-8,13-14H2,1H3,(H,27,28). The fraction of sp³-hybridized carbons (Fsp3) is 0.391. The largest absolute Gasteiger partial charge is 0.380 e. The molecule has 7 nitrogen and oxygen atoms in total. The third-order valence-electron chi connectivity index (χ3n) is 5.98. The van der Waals surface area contributed by atoms with Gasteiger partial charge in [0.1, 0.15) is 6.33 Å². The summed E-state index contributed by atoms with van der Waals surface area (Å²) in [6.45, 7) is 7.86. The van der Waals surface area contributed by atoms with E-state index in [1.165, 1.54) is 17.1 Å². The van der Waals surface area contributed by atoms with E-state index in [4.69, 9.17) is 4.74 Å². The lowest BCUT2D eigenvalue weighted by Crippen LogP contribution is -2.60. The van der Waals surface area contributed by atoms with E-state index in [1.54, 1.807) is 0 Å². The van der Waals surface area contributed by atoms with Crippen LogP contribution in [0.1, 0.15) is 12.0 Å². The van der Waals surface area contributed by atoms with E-state index in [2.05, 4.69) is 44.3 Å². The summed E-state index contributed by atoms with van der Waals surface area (Å²) in [5.74, 6) is -1.43. The molecule has 9 heteroatoms. The third-order valence-corrected chi connectivity index (χ3v) is 5.98. The van der Waals surface area contributed by atoms with Crippen molar-refractivity contribution < 1.29 is 13.5 Å². The second kappa shape index (κ2) is 8.84. The molecule has 5 rings (SSSR count). The number of ether oxygens (including phenoxy) is 1. The van der Waals surface area contributed by atoms with Crippen molar-refractivity contribution in [3.05, 3.63) is 59.9 Å². The molecule has 0 bridgehead atoms. The van der Waals surface area contributed by atoms with Crippen molar-refractivity contribution >= 4 is 17.3 Å². The first kappa shape index (κ1) is 20.8. The molecule has 0 aliphatic carbocycles. The van der Waals surface area contributed by atoms with E-state index in [0.29, 0.717) is 17.7 Å². The molecule has 3 heterocycles. The second-order valence-electron chi connectivity index (χ2n) is 8.35. The minimum Gasteiger partial charge on any atom is -0.380 e. The zero-order valence-corrected chi connectivity index (χ0v) is 18.0. The number of aryl methyl sites for hydroxylation is 1. The van der Waals surface area contributed by atoms with E-state index in [-0.39, 0.29) is 0 Å². The van der Waals surface area contributed by atoms with Gasteiger partial charge in [-0.25, -0.2) is 13.5 Å². The minimum atomic E-state index is -0.920. The van der Waals surface area contributed by atoms with Gasteiger partial charge in [-0.1, -0.05) is 0 Å². The average Bonchev–Trinajstić information content (AvgIpc) is 3.02. The van der Waals surface area contributed by atoms with Crippen molar-refractivity contribution in [2.75, 3.05) is 49.6 Å². The molecule has 0 unspecified atom stereocenters. The molecule has 2 aromatic carbocycles. The van der Waals surface area contributed by atoms with Crippen LogP contribution < -0.4 is 10.2 Å². The molecule has 32 heavy (non-hydrogen) atoms. The average molecular weight is 440 g/mol. The zero-order chi connectivity index (χ0) is 22.1. The molecule has 3 aromatic rings. The Kier molecular flexibility index (Phi) is 5.75. The summed E-state index contributed by atoms with van der Waals surface area (Å²) in [7, 11) is 0. The molecule has 2 fully saturated rings. The number of nitrogens with zero attached hydrogens (tertiary/aromatic N) is 5. The lowest BCUT2D eigenvalue weighted by Gasteiger charge is -2.46. The van der Waals surface area contributed by atoms with Crippen LogP contribution in [-0.2, 0) is 4.74 Å². The van der Waals surface area contributed by atoms with Crippen molar-refractivity contribution in [2.45, 2.75) is 19.4 Å². The molecule has 0 spiro atoms. The molecule has 1 N–H and O–H groups in total. The van der Waals surface area contributed by atoms with Gasteiger partial charge in [0.15, 0.2) is 11.6 Å². The molecule has 0 atom stereocenters. The molecule has 2 aliphatic rings. The van der Waals surface area contributed by atoms with Gasteiger partial charge in [0.05, 0.1) is 12.3 Å². The number of benzene rings is 2. The van der Waals surface area contributed by atoms with Gasteiger partial charge in [-0.2, -0.15) is 4.98 Å². The van der Waals surface area contributed by atoms with Gasteiger partial charge in [-0.15, -0.1) is 5.10 Å². The van der Waals surface area contributed by atoms with Gasteiger partial charge < -0.3 is 15.0 Å². The Bertz CT molecular complexity index is 1090.